The Bertz CT molecular complexity index is 1390. The maximum absolute atomic E-state index is 13.8. The molecule has 1 aromatic heterocycles. The van der Waals surface area contributed by atoms with Crippen molar-refractivity contribution in [2.45, 2.75) is 64.5 Å². The minimum atomic E-state index is -0.579. The molecule has 4 rings (SSSR count). The number of anilines is 2. The van der Waals surface area contributed by atoms with Crippen LogP contribution < -0.4 is 21.3 Å². The van der Waals surface area contributed by atoms with Crippen molar-refractivity contribution in [2.75, 3.05) is 23.7 Å². The first kappa shape index (κ1) is 28.7. The van der Waals surface area contributed by atoms with Crippen LogP contribution in [0.1, 0.15) is 51.2 Å². The van der Waals surface area contributed by atoms with E-state index in [0.29, 0.717) is 28.8 Å². The van der Waals surface area contributed by atoms with Gasteiger partial charge in [-0.1, -0.05) is 6.07 Å². The van der Waals surface area contributed by atoms with Crippen LogP contribution >= 0.6 is 0 Å². The third-order valence-corrected chi connectivity index (χ3v) is 6.28. The largest absolute Gasteiger partial charge is 0.444 e. The molecule has 40 heavy (non-hydrogen) atoms. The second-order valence-electron chi connectivity index (χ2n) is 10.8. The number of alkyl carbamates (subject to hydrolysis) is 1. The number of ether oxygens (including phenoxy) is 1. The zero-order chi connectivity index (χ0) is 28.7. The Morgan fingerprint density at radius 2 is 1.70 bits per heavy atom. The highest BCUT2D eigenvalue weighted by Gasteiger charge is 2.23. The van der Waals surface area contributed by atoms with E-state index in [1.165, 1.54) is 24.0 Å². The number of hydrogen-bond acceptors (Lipinski definition) is 7. The lowest BCUT2D eigenvalue weighted by atomic mass is 10.1. The Kier molecular flexibility index (Phi) is 9.13. The Balaban J connectivity index is 1.17. The van der Waals surface area contributed by atoms with Gasteiger partial charge in [0.15, 0.2) is 0 Å². The molecule has 3 amide bonds. The minimum Gasteiger partial charge on any atom is -0.444 e. The molecule has 1 heterocycles. The summed E-state index contributed by atoms with van der Waals surface area (Å²) >= 11 is 0. The normalized spacial score (nSPS) is 14.3. The molecule has 1 unspecified atom stereocenters. The standard InChI is InChI=1S/C29H35FN6O4/c1-29(2,3)40-28(39)32-12-11-31-25(37)5-4-6-26(38)35-21-9-7-18-13-22(15-19(18)14-21)36-27-23-16-20(30)8-10-24(23)33-17-34-27/h7-10,14,16-17,22H,4-6,11-13,15H2,1-3H3,(H,31,37)(H,32,39)(H,35,38)(H,33,34,36). The van der Waals surface area contributed by atoms with Gasteiger partial charge in [-0.05, 0) is 81.5 Å². The van der Waals surface area contributed by atoms with E-state index in [2.05, 4.69) is 31.2 Å². The van der Waals surface area contributed by atoms with Gasteiger partial charge in [0, 0.05) is 43.0 Å². The number of nitrogens with one attached hydrogen (secondary N) is 4. The molecule has 0 bridgehead atoms. The summed E-state index contributed by atoms with van der Waals surface area (Å²) in [4.78, 5) is 44.6. The third-order valence-electron chi connectivity index (χ3n) is 6.28. The second kappa shape index (κ2) is 12.7. The topological polar surface area (TPSA) is 134 Å². The summed E-state index contributed by atoms with van der Waals surface area (Å²) in [5, 5.41) is 12.3. The summed E-state index contributed by atoms with van der Waals surface area (Å²) in [6.45, 7) is 5.86. The molecule has 0 radical (unpaired) electrons. The van der Waals surface area contributed by atoms with Crippen molar-refractivity contribution in [1.82, 2.24) is 20.6 Å². The van der Waals surface area contributed by atoms with Crippen LogP contribution in [0.25, 0.3) is 10.9 Å². The van der Waals surface area contributed by atoms with E-state index in [1.54, 1.807) is 26.8 Å². The van der Waals surface area contributed by atoms with Crippen LogP contribution in [0.5, 0.6) is 0 Å². The number of halogens is 1. The maximum atomic E-state index is 13.8. The van der Waals surface area contributed by atoms with Gasteiger partial charge < -0.3 is 26.0 Å². The van der Waals surface area contributed by atoms with Crippen molar-refractivity contribution in [1.29, 1.82) is 0 Å². The zero-order valence-electron chi connectivity index (χ0n) is 23.0. The predicted octanol–water partition coefficient (Wildman–Crippen LogP) is 4.10. The van der Waals surface area contributed by atoms with Gasteiger partial charge in [0.2, 0.25) is 11.8 Å². The van der Waals surface area contributed by atoms with Crippen LogP contribution in [-0.4, -0.2) is 52.6 Å². The van der Waals surface area contributed by atoms with E-state index >= 15 is 0 Å². The molecule has 11 heteroatoms. The highest BCUT2D eigenvalue weighted by Crippen LogP contribution is 2.29. The lowest BCUT2D eigenvalue weighted by Gasteiger charge is -2.19. The Morgan fingerprint density at radius 1 is 0.950 bits per heavy atom. The van der Waals surface area contributed by atoms with E-state index in [9.17, 15) is 18.8 Å². The Morgan fingerprint density at radius 3 is 2.50 bits per heavy atom. The molecule has 3 aromatic rings. The lowest BCUT2D eigenvalue weighted by Crippen LogP contribution is -2.37. The second-order valence-corrected chi connectivity index (χ2v) is 10.8. The smallest absolute Gasteiger partial charge is 0.407 e. The van der Waals surface area contributed by atoms with E-state index < -0.39 is 11.7 Å². The van der Waals surface area contributed by atoms with Crippen molar-refractivity contribution in [3.63, 3.8) is 0 Å². The number of aromatic nitrogens is 2. The van der Waals surface area contributed by atoms with Gasteiger partial charge in [0.1, 0.15) is 23.6 Å². The van der Waals surface area contributed by atoms with Crippen LogP contribution in [0.4, 0.5) is 20.7 Å². The molecule has 1 aliphatic rings. The minimum absolute atomic E-state index is 0.0835. The Labute approximate surface area is 232 Å². The molecule has 2 aromatic carbocycles. The van der Waals surface area contributed by atoms with Gasteiger partial charge in [-0.2, -0.15) is 0 Å². The first-order chi connectivity index (χ1) is 19.1. The predicted molar refractivity (Wildman–Crippen MR) is 150 cm³/mol. The summed E-state index contributed by atoms with van der Waals surface area (Å²) in [5.41, 5.74) is 3.10. The number of nitrogens with zero attached hydrogens (tertiary/aromatic N) is 2. The first-order valence-corrected chi connectivity index (χ1v) is 13.4. The number of carbonyl (C=O) groups is 3. The fraction of sp³-hybridized carbons (Fsp3) is 0.414. The summed E-state index contributed by atoms with van der Waals surface area (Å²) in [7, 11) is 0. The summed E-state index contributed by atoms with van der Waals surface area (Å²) in [6.07, 6.45) is 3.28. The Hall–Kier alpha value is -4.28. The van der Waals surface area contributed by atoms with Crippen LogP contribution in [-0.2, 0) is 27.2 Å². The number of fused-ring (bicyclic) bond motifs is 2. The van der Waals surface area contributed by atoms with Crippen molar-refractivity contribution < 1.29 is 23.5 Å². The van der Waals surface area contributed by atoms with Crippen LogP contribution in [0.15, 0.2) is 42.7 Å². The summed E-state index contributed by atoms with van der Waals surface area (Å²) in [6, 6.07) is 10.4. The quantitative estimate of drug-likeness (QED) is 0.279. The van der Waals surface area contributed by atoms with Crippen molar-refractivity contribution in [3.8, 4) is 0 Å². The van der Waals surface area contributed by atoms with E-state index in [4.69, 9.17) is 4.74 Å². The van der Waals surface area contributed by atoms with Crippen molar-refractivity contribution in [3.05, 3.63) is 59.7 Å². The number of carbonyl (C=O) groups excluding carboxylic acids is 3. The van der Waals surface area contributed by atoms with Gasteiger partial charge in [-0.3, -0.25) is 9.59 Å². The molecule has 0 saturated carbocycles. The molecular weight excluding hydrogens is 515 g/mol. The molecule has 212 valence electrons. The molecule has 1 aliphatic carbocycles. The van der Waals surface area contributed by atoms with Crippen LogP contribution in [0.2, 0.25) is 0 Å². The van der Waals surface area contributed by atoms with Crippen molar-refractivity contribution in [2.24, 2.45) is 0 Å². The number of benzene rings is 2. The molecule has 4 N–H and O–H groups in total. The maximum Gasteiger partial charge on any atom is 0.407 e. The average Bonchev–Trinajstić information content (AvgIpc) is 3.27. The van der Waals surface area contributed by atoms with Gasteiger partial charge >= 0.3 is 6.09 Å². The molecule has 1 atom stereocenters. The lowest BCUT2D eigenvalue weighted by molar-refractivity contribution is -0.121. The number of rotatable bonds is 10. The fourth-order valence-corrected chi connectivity index (χ4v) is 4.54. The highest BCUT2D eigenvalue weighted by molar-refractivity contribution is 5.91. The molecular formula is C29H35FN6O4. The fourth-order valence-electron chi connectivity index (χ4n) is 4.54. The molecule has 0 fully saturated rings. The molecule has 0 spiro atoms. The van der Waals surface area contributed by atoms with Gasteiger partial charge in [-0.25, -0.2) is 19.2 Å². The summed E-state index contributed by atoms with van der Waals surface area (Å²) < 4.78 is 18.9. The average molecular weight is 551 g/mol. The zero-order valence-corrected chi connectivity index (χ0v) is 23.0. The molecule has 0 saturated heterocycles. The molecule has 10 nitrogen and oxygen atoms in total. The first-order valence-electron chi connectivity index (χ1n) is 13.4. The summed E-state index contributed by atoms with van der Waals surface area (Å²) in [5.74, 6) is -0.0941. The number of hydrogen-bond donors (Lipinski definition) is 4. The third kappa shape index (κ3) is 8.36. The van der Waals surface area contributed by atoms with Crippen LogP contribution in [0, 0.1) is 5.82 Å². The van der Waals surface area contributed by atoms with Gasteiger partial charge in [-0.15, -0.1) is 0 Å². The van der Waals surface area contributed by atoms with E-state index in [1.807, 2.05) is 18.2 Å². The van der Waals surface area contributed by atoms with Crippen LogP contribution in [0.3, 0.4) is 0 Å². The monoisotopic (exact) mass is 550 g/mol. The highest BCUT2D eigenvalue weighted by atomic mass is 19.1. The van der Waals surface area contributed by atoms with Gasteiger partial charge in [0.25, 0.3) is 0 Å². The van der Waals surface area contributed by atoms with E-state index in [0.717, 1.165) is 18.4 Å². The van der Waals surface area contributed by atoms with E-state index in [-0.39, 0.29) is 49.6 Å². The SMILES string of the molecule is CC(C)(C)OC(=O)NCCNC(=O)CCCC(=O)Nc1ccc2c(c1)CC(Nc1ncnc3ccc(F)cc13)C2. The number of amides is 3. The van der Waals surface area contributed by atoms with Gasteiger partial charge in [0.05, 0.1) is 5.52 Å². The molecule has 0 aliphatic heterocycles. The van der Waals surface area contributed by atoms with Crippen molar-refractivity contribution >= 4 is 40.3 Å².